The number of rotatable bonds is 2. The van der Waals surface area contributed by atoms with Gasteiger partial charge in [0.05, 0.1) is 0 Å². The molecule has 0 heterocycles. The maximum absolute atomic E-state index is 12.6. The highest BCUT2D eigenvalue weighted by molar-refractivity contribution is 5.87. The zero-order valence-corrected chi connectivity index (χ0v) is 15.6. The molecule has 0 spiro atoms. The molecule has 4 aliphatic rings. The van der Waals surface area contributed by atoms with Crippen LogP contribution in [0.3, 0.4) is 0 Å². The first-order chi connectivity index (χ1) is 11.8. The second-order valence-corrected chi connectivity index (χ2v) is 9.82. The molecule has 0 saturated heterocycles. The minimum Gasteiger partial charge on any atom is -0.370 e. The molecule has 0 bridgehead atoms. The third-order valence-corrected chi connectivity index (χ3v) is 8.84. The normalized spacial score (nSPS) is 49.3. The van der Waals surface area contributed by atoms with Crippen molar-refractivity contribution in [3.63, 3.8) is 0 Å². The number of hydrogen-bond donors (Lipinski definition) is 1. The molecule has 0 aromatic rings. The molecule has 138 valence electrons. The van der Waals surface area contributed by atoms with Gasteiger partial charge in [-0.3, -0.25) is 14.4 Å². The van der Waals surface area contributed by atoms with Crippen molar-refractivity contribution in [2.24, 2.45) is 46.2 Å². The Bertz CT molecular complexity index is 629. The molecule has 0 aromatic carbocycles. The van der Waals surface area contributed by atoms with Crippen molar-refractivity contribution in [2.45, 2.75) is 71.6 Å². The molecule has 4 saturated carbocycles. The highest BCUT2D eigenvalue weighted by atomic mass is 16.1. The summed E-state index contributed by atoms with van der Waals surface area (Å²) in [4.78, 5) is 36.4. The summed E-state index contributed by atoms with van der Waals surface area (Å²) in [5.74, 6) is 2.65. The van der Waals surface area contributed by atoms with E-state index in [9.17, 15) is 14.4 Å². The second kappa shape index (κ2) is 5.65. The van der Waals surface area contributed by atoms with Crippen LogP contribution in [0.5, 0.6) is 0 Å². The van der Waals surface area contributed by atoms with Crippen LogP contribution in [0.2, 0.25) is 0 Å². The van der Waals surface area contributed by atoms with Gasteiger partial charge in [-0.2, -0.15) is 0 Å². The molecular formula is C21H31NO3. The van der Waals surface area contributed by atoms with E-state index in [2.05, 4.69) is 13.8 Å². The van der Waals surface area contributed by atoms with Crippen molar-refractivity contribution < 1.29 is 14.4 Å². The van der Waals surface area contributed by atoms with Gasteiger partial charge in [0, 0.05) is 31.1 Å². The summed E-state index contributed by atoms with van der Waals surface area (Å²) in [6, 6.07) is 0. The number of primary amides is 1. The highest BCUT2D eigenvalue weighted by Gasteiger charge is 2.62. The number of amides is 1. The Morgan fingerprint density at radius 3 is 2.56 bits per heavy atom. The van der Waals surface area contributed by atoms with Crippen LogP contribution in [0.1, 0.15) is 71.6 Å². The number of Topliss-reactive ketones (excluding diaryl/α,β-unsaturated/α-hetero) is 2. The fourth-order valence-electron chi connectivity index (χ4n) is 7.54. The fourth-order valence-corrected chi connectivity index (χ4v) is 7.54. The SMILES string of the molecule is C[C@]12CCC(=O)CC1[C@@H](CC(N)=O)C[C@@H]1[C@@H]2CC[C@]2(C)C(=O)CC[C@@H]12. The molecule has 0 aliphatic heterocycles. The van der Waals surface area contributed by atoms with Crippen LogP contribution in [-0.4, -0.2) is 17.5 Å². The lowest BCUT2D eigenvalue weighted by Crippen LogP contribution is -2.56. The first-order valence-corrected chi connectivity index (χ1v) is 10.1. The van der Waals surface area contributed by atoms with Crippen molar-refractivity contribution >= 4 is 17.5 Å². The summed E-state index contributed by atoms with van der Waals surface area (Å²) in [5, 5.41) is 0. The van der Waals surface area contributed by atoms with Crippen LogP contribution in [0.15, 0.2) is 0 Å². The van der Waals surface area contributed by atoms with Gasteiger partial charge in [0.2, 0.25) is 5.91 Å². The Morgan fingerprint density at radius 1 is 1.08 bits per heavy atom. The first-order valence-electron chi connectivity index (χ1n) is 10.1. The van der Waals surface area contributed by atoms with E-state index in [0.29, 0.717) is 54.5 Å². The van der Waals surface area contributed by atoms with Gasteiger partial charge in [0.1, 0.15) is 11.6 Å². The van der Waals surface area contributed by atoms with Crippen molar-refractivity contribution in [1.29, 1.82) is 0 Å². The van der Waals surface area contributed by atoms with Crippen molar-refractivity contribution in [3.8, 4) is 0 Å². The second-order valence-electron chi connectivity index (χ2n) is 9.82. The minimum absolute atomic E-state index is 0.129. The van der Waals surface area contributed by atoms with Gasteiger partial charge in [-0.15, -0.1) is 0 Å². The molecule has 0 aromatic heterocycles. The number of carbonyl (C=O) groups is 3. The lowest BCUT2D eigenvalue weighted by atomic mass is 9.43. The van der Waals surface area contributed by atoms with Crippen LogP contribution < -0.4 is 5.73 Å². The van der Waals surface area contributed by atoms with E-state index in [1.165, 1.54) is 0 Å². The van der Waals surface area contributed by atoms with Gasteiger partial charge in [0.15, 0.2) is 0 Å². The van der Waals surface area contributed by atoms with Crippen LogP contribution in [0, 0.1) is 40.4 Å². The molecule has 0 radical (unpaired) electrons. The first kappa shape index (κ1) is 17.2. The molecular weight excluding hydrogens is 314 g/mol. The van der Waals surface area contributed by atoms with Gasteiger partial charge in [-0.25, -0.2) is 0 Å². The van der Waals surface area contributed by atoms with Crippen LogP contribution in [-0.2, 0) is 14.4 Å². The van der Waals surface area contributed by atoms with Gasteiger partial charge in [-0.05, 0) is 67.1 Å². The third kappa shape index (κ3) is 2.43. The standard InChI is InChI=1S/C21H31NO3/c1-20-7-5-13(23)11-17(20)12(10-19(22)25)9-14-15-3-4-18(24)21(15,2)8-6-16(14)20/h12,14-17H,3-11H2,1-2H3,(H2,22,25)/t12-,14+,15+,16+,17?,20-,21+/m1/s1. The van der Waals surface area contributed by atoms with E-state index in [1.807, 2.05) is 0 Å². The summed E-state index contributed by atoms with van der Waals surface area (Å²) in [5.41, 5.74) is 5.55. The van der Waals surface area contributed by atoms with Crippen LogP contribution >= 0.6 is 0 Å². The van der Waals surface area contributed by atoms with E-state index in [0.717, 1.165) is 38.5 Å². The molecule has 7 atom stereocenters. The predicted octanol–water partition coefficient (Wildman–Crippen LogP) is 3.27. The van der Waals surface area contributed by atoms with Crippen LogP contribution in [0.4, 0.5) is 0 Å². The quantitative estimate of drug-likeness (QED) is 0.834. The van der Waals surface area contributed by atoms with Gasteiger partial charge in [-0.1, -0.05) is 13.8 Å². The monoisotopic (exact) mass is 345 g/mol. The molecule has 1 unspecified atom stereocenters. The number of ketones is 2. The minimum atomic E-state index is -0.245. The molecule has 25 heavy (non-hydrogen) atoms. The van der Waals surface area contributed by atoms with Gasteiger partial charge >= 0.3 is 0 Å². The van der Waals surface area contributed by atoms with Gasteiger partial charge < -0.3 is 5.73 Å². The van der Waals surface area contributed by atoms with E-state index in [-0.39, 0.29) is 22.7 Å². The molecule has 4 fully saturated rings. The smallest absolute Gasteiger partial charge is 0.217 e. The van der Waals surface area contributed by atoms with E-state index in [1.54, 1.807) is 0 Å². The number of carbonyl (C=O) groups excluding carboxylic acids is 3. The average molecular weight is 345 g/mol. The molecule has 4 heteroatoms. The number of hydrogen-bond acceptors (Lipinski definition) is 3. The van der Waals surface area contributed by atoms with Crippen molar-refractivity contribution in [2.75, 3.05) is 0 Å². The maximum Gasteiger partial charge on any atom is 0.217 e. The Morgan fingerprint density at radius 2 is 1.84 bits per heavy atom. The zero-order valence-electron chi connectivity index (χ0n) is 15.6. The van der Waals surface area contributed by atoms with Crippen molar-refractivity contribution in [3.05, 3.63) is 0 Å². The van der Waals surface area contributed by atoms with Gasteiger partial charge in [0.25, 0.3) is 0 Å². The average Bonchev–Trinajstić information content (AvgIpc) is 2.84. The molecule has 1 amide bonds. The van der Waals surface area contributed by atoms with E-state index >= 15 is 0 Å². The molecule has 4 aliphatic carbocycles. The van der Waals surface area contributed by atoms with Crippen molar-refractivity contribution in [1.82, 2.24) is 0 Å². The fraction of sp³-hybridized carbons (Fsp3) is 0.857. The Hall–Kier alpha value is -1.19. The summed E-state index contributed by atoms with van der Waals surface area (Å²) in [6.07, 6.45) is 7.48. The summed E-state index contributed by atoms with van der Waals surface area (Å²) < 4.78 is 0. The molecule has 2 N–H and O–H groups in total. The number of nitrogens with two attached hydrogens (primary N) is 1. The largest absolute Gasteiger partial charge is 0.370 e. The highest BCUT2D eigenvalue weighted by Crippen LogP contribution is 2.66. The third-order valence-electron chi connectivity index (χ3n) is 8.84. The van der Waals surface area contributed by atoms with E-state index < -0.39 is 0 Å². The summed E-state index contributed by atoms with van der Waals surface area (Å²) in [7, 11) is 0. The molecule has 4 rings (SSSR count). The Kier molecular flexibility index (Phi) is 3.90. The number of fused-ring (bicyclic) bond motifs is 5. The lowest BCUT2D eigenvalue weighted by molar-refractivity contribution is -0.155. The zero-order chi connectivity index (χ0) is 18.0. The van der Waals surface area contributed by atoms with Crippen LogP contribution in [0.25, 0.3) is 0 Å². The maximum atomic E-state index is 12.6. The summed E-state index contributed by atoms with van der Waals surface area (Å²) >= 11 is 0. The topological polar surface area (TPSA) is 77.2 Å². The lowest BCUT2D eigenvalue weighted by Gasteiger charge is -2.61. The van der Waals surface area contributed by atoms with E-state index in [4.69, 9.17) is 5.73 Å². The predicted molar refractivity (Wildman–Crippen MR) is 94.4 cm³/mol. The molecule has 4 nitrogen and oxygen atoms in total. The Balaban J connectivity index is 1.71. The summed E-state index contributed by atoms with van der Waals surface area (Å²) in [6.45, 7) is 4.56. The Labute approximate surface area is 150 Å².